The zero-order valence-corrected chi connectivity index (χ0v) is 11.9. The van der Waals surface area contributed by atoms with Crippen LogP contribution in [-0.2, 0) is 14.8 Å². The lowest BCUT2D eigenvalue weighted by molar-refractivity contribution is -0.122. The van der Waals surface area contributed by atoms with E-state index in [1.807, 2.05) is 30.3 Å². The molecular formula is C14H18N2O3S. The molecule has 0 saturated carbocycles. The molecule has 0 atom stereocenters. The molecule has 1 aliphatic heterocycles. The van der Waals surface area contributed by atoms with E-state index < -0.39 is 10.0 Å². The molecule has 1 aliphatic rings. The van der Waals surface area contributed by atoms with Gasteiger partial charge in [-0.2, -0.15) is 4.31 Å². The summed E-state index contributed by atoms with van der Waals surface area (Å²) in [4.78, 5) is 11.1. The number of carbonyl (C=O) groups excluding carboxylic acids is 1. The normalized spacial score (nSPS) is 18.4. The lowest BCUT2D eigenvalue weighted by Crippen LogP contribution is -2.40. The number of amides is 1. The second kappa shape index (κ2) is 6.19. The van der Waals surface area contributed by atoms with Crippen molar-refractivity contribution in [2.24, 2.45) is 11.7 Å². The van der Waals surface area contributed by atoms with Gasteiger partial charge < -0.3 is 5.73 Å². The van der Waals surface area contributed by atoms with Gasteiger partial charge in [-0.05, 0) is 24.5 Å². The van der Waals surface area contributed by atoms with Gasteiger partial charge in [0.05, 0.1) is 0 Å². The smallest absolute Gasteiger partial charge is 0.236 e. The van der Waals surface area contributed by atoms with Gasteiger partial charge in [0.2, 0.25) is 15.9 Å². The summed E-state index contributed by atoms with van der Waals surface area (Å²) < 4.78 is 25.7. The van der Waals surface area contributed by atoms with Gasteiger partial charge in [-0.15, -0.1) is 0 Å². The highest BCUT2D eigenvalue weighted by Gasteiger charge is 2.28. The predicted molar refractivity (Wildman–Crippen MR) is 77.9 cm³/mol. The molecule has 0 aromatic heterocycles. The van der Waals surface area contributed by atoms with Crippen molar-refractivity contribution in [2.75, 3.05) is 13.1 Å². The number of rotatable bonds is 4. The molecule has 1 saturated heterocycles. The van der Waals surface area contributed by atoms with Crippen LogP contribution < -0.4 is 5.73 Å². The standard InChI is InChI=1S/C14H18N2O3S/c15-14(17)13-6-9-16(10-7-13)20(18,19)11-8-12-4-2-1-3-5-12/h1-5,8,11,13H,6-7,9-10H2,(H2,15,17)/b11-8+. The van der Waals surface area contributed by atoms with E-state index in [1.54, 1.807) is 6.08 Å². The lowest BCUT2D eigenvalue weighted by Gasteiger charge is -2.28. The number of hydrogen-bond acceptors (Lipinski definition) is 3. The molecule has 0 bridgehead atoms. The lowest BCUT2D eigenvalue weighted by atomic mass is 9.98. The van der Waals surface area contributed by atoms with E-state index in [-0.39, 0.29) is 11.8 Å². The number of benzene rings is 1. The third-order valence-electron chi connectivity index (χ3n) is 3.45. The van der Waals surface area contributed by atoms with Crippen LogP contribution in [0.15, 0.2) is 35.7 Å². The van der Waals surface area contributed by atoms with Crippen LogP contribution in [0.3, 0.4) is 0 Å². The highest BCUT2D eigenvalue weighted by Crippen LogP contribution is 2.20. The summed E-state index contributed by atoms with van der Waals surface area (Å²) in [5, 5.41) is 1.22. The maximum Gasteiger partial charge on any atom is 0.236 e. The number of hydrogen-bond donors (Lipinski definition) is 1. The first kappa shape index (κ1) is 14.7. The fraction of sp³-hybridized carbons (Fsp3) is 0.357. The van der Waals surface area contributed by atoms with Crippen molar-refractivity contribution >= 4 is 22.0 Å². The molecule has 2 N–H and O–H groups in total. The Bertz CT molecular complexity index is 588. The van der Waals surface area contributed by atoms with Crippen molar-refractivity contribution in [1.82, 2.24) is 4.31 Å². The van der Waals surface area contributed by atoms with Gasteiger partial charge in [0.15, 0.2) is 0 Å². The van der Waals surface area contributed by atoms with E-state index in [9.17, 15) is 13.2 Å². The van der Waals surface area contributed by atoms with Crippen molar-refractivity contribution in [3.8, 4) is 0 Å². The summed E-state index contributed by atoms with van der Waals surface area (Å²) in [5.41, 5.74) is 6.07. The van der Waals surface area contributed by atoms with Crippen LogP contribution in [0.1, 0.15) is 18.4 Å². The van der Waals surface area contributed by atoms with Crippen molar-refractivity contribution in [1.29, 1.82) is 0 Å². The second-order valence-electron chi connectivity index (χ2n) is 4.83. The van der Waals surface area contributed by atoms with Crippen LogP contribution in [0.25, 0.3) is 6.08 Å². The third kappa shape index (κ3) is 3.68. The van der Waals surface area contributed by atoms with Gasteiger partial charge in [0, 0.05) is 24.4 Å². The van der Waals surface area contributed by atoms with Gasteiger partial charge >= 0.3 is 0 Å². The van der Waals surface area contributed by atoms with Crippen LogP contribution in [0.4, 0.5) is 0 Å². The summed E-state index contributed by atoms with van der Waals surface area (Å²) >= 11 is 0. The average molecular weight is 294 g/mol. The minimum absolute atomic E-state index is 0.209. The first-order chi connectivity index (χ1) is 9.49. The minimum Gasteiger partial charge on any atom is -0.369 e. The molecular weight excluding hydrogens is 276 g/mol. The molecule has 1 aromatic rings. The average Bonchev–Trinajstić information content (AvgIpc) is 2.46. The maximum absolute atomic E-state index is 12.2. The topological polar surface area (TPSA) is 80.5 Å². The Morgan fingerprint density at radius 1 is 1.20 bits per heavy atom. The van der Waals surface area contributed by atoms with Crippen molar-refractivity contribution < 1.29 is 13.2 Å². The molecule has 1 aromatic carbocycles. The number of nitrogens with two attached hydrogens (primary N) is 1. The predicted octanol–water partition coefficient (Wildman–Crippen LogP) is 1.18. The number of carbonyl (C=O) groups is 1. The van der Waals surface area contributed by atoms with Gasteiger partial charge in [0.25, 0.3) is 0 Å². The molecule has 1 fully saturated rings. The SMILES string of the molecule is NC(=O)C1CCN(S(=O)(=O)/C=C/c2ccccc2)CC1. The second-order valence-corrected chi connectivity index (χ2v) is 6.65. The summed E-state index contributed by atoms with van der Waals surface area (Å²) in [6, 6.07) is 9.26. The van der Waals surface area contributed by atoms with Crippen LogP contribution in [-0.4, -0.2) is 31.7 Å². The Hall–Kier alpha value is -1.66. The number of primary amides is 1. The fourth-order valence-electron chi connectivity index (χ4n) is 2.21. The molecule has 108 valence electrons. The number of nitrogens with zero attached hydrogens (tertiary/aromatic N) is 1. The van der Waals surface area contributed by atoms with Crippen LogP contribution in [0.2, 0.25) is 0 Å². The molecule has 1 heterocycles. The van der Waals surface area contributed by atoms with E-state index in [0.717, 1.165) is 5.56 Å². The summed E-state index contributed by atoms with van der Waals surface area (Å²) in [7, 11) is -3.43. The van der Waals surface area contributed by atoms with E-state index in [2.05, 4.69) is 0 Å². The van der Waals surface area contributed by atoms with E-state index in [0.29, 0.717) is 25.9 Å². The third-order valence-corrected chi connectivity index (χ3v) is 5.01. The van der Waals surface area contributed by atoms with Crippen LogP contribution >= 0.6 is 0 Å². The molecule has 2 rings (SSSR count). The Labute approximate surface area is 119 Å². The summed E-state index contributed by atoms with van der Waals surface area (Å²) in [5.74, 6) is -0.554. The van der Waals surface area contributed by atoms with E-state index >= 15 is 0 Å². The molecule has 5 nitrogen and oxygen atoms in total. The molecule has 0 radical (unpaired) electrons. The first-order valence-electron chi connectivity index (χ1n) is 6.51. The Kier molecular flexibility index (Phi) is 4.57. The molecule has 0 unspecified atom stereocenters. The van der Waals surface area contributed by atoms with Crippen molar-refractivity contribution in [2.45, 2.75) is 12.8 Å². The van der Waals surface area contributed by atoms with Gasteiger partial charge in [0.1, 0.15) is 0 Å². The van der Waals surface area contributed by atoms with E-state index in [4.69, 9.17) is 5.73 Å². The summed E-state index contributed by atoms with van der Waals surface area (Å²) in [6.07, 6.45) is 2.57. The molecule has 0 spiro atoms. The van der Waals surface area contributed by atoms with Crippen LogP contribution in [0, 0.1) is 5.92 Å². The Balaban J connectivity index is 2.01. The number of piperidine rings is 1. The molecule has 20 heavy (non-hydrogen) atoms. The zero-order valence-electron chi connectivity index (χ0n) is 11.1. The molecule has 0 aliphatic carbocycles. The Morgan fingerprint density at radius 3 is 2.35 bits per heavy atom. The molecule has 6 heteroatoms. The molecule has 1 amide bonds. The van der Waals surface area contributed by atoms with E-state index in [1.165, 1.54) is 9.71 Å². The number of sulfonamides is 1. The van der Waals surface area contributed by atoms with Crippen LogP contribution in [0.5, 0.6) is 0 Å². The zero-order chi connectivity index (χ0) is 14.6. The Morgan fingerprint density at radius 2 is 1.80 bits per heavy atom. The first-order valence-corrected chi connectivity index (χ1v) is 8.02. The monoisotopic (exact) mass is 294 g/mol. The quantitative estimate of drug-likeness (QED) is 0.905. The summed E-state index contributed by atoms with van der Waals surface area (Å²) in [6.45, 7) is 0.685. The highest BCUT2D eigenvalue weighted by molar-refractivity contribution is 7.92. The minimum atomic E-state index is -3.43. The highest BCUT2D eigenvalue weighted by atomic mass is 32.2. The fourth-order valence-corrected chi connectivity index (χ4v) is 3.43. The largest absolute Gasteiger partial charge is 0.369 e. The van der Waals surface area contributed by atoms with Crippen molar-refractivity contribution in [3.05, 3.63) is 41.3 Å². The van der Waals surface area contributed by atoms with Gasteiger partial charge in [-0.3, -0.25) is 4.79 Å². The maximum atomic E-state index is 12.2. The van der Waals surface area contributed by atoms with Gasteiger partial charge in [-0.1, -0.05) is 30.3 Å². The van der Waals surface area contributed by atoms with Crippen molar-refractivity contribution in [3.63, 3.8) is 0 Å². The van der Waals surface area contributed by atoms with Gasteiger partial charge in [-0.25, -0.2) is 8.42 Å².